The molecule has 0 spiro atoms. The molecule has 4 rings (SSSR count). The Morgan fingerprint density at radius 3 is 1.77 bits per heavy atom. The van der Waals surface area contributed by atoms with E-state index in [2.05, 4.69) is 0 Å². The van der Waals surface area contributed by atoms with Gasteiger partial charge in [-0.25, -0.2) is 17.1 Å². The van der Waals surface area contributed by atoms with E-state index in [1.165, 1.54) is 48.5 Å². The molecule has 0 aliphatic carbocycles. The summed E-state index contributed by atoms with van der Waals surface area (Å²) in [5, 5.41) is 20.1. The Bertz CT molecular complexity index is 1840. The van der Waals surface area contributed by atoms with Gasteiger partial charge in [0.2, 0.25) is 10.0 Å². The molecule has 0 saturated carbocycles. The summed E-state index contributed by atoms with van der Waals surface area (Å²) >= 11 is 24.1. The maximum atomic E-state index is 13.8. The van der Waals surface area contributed by atoms with Gasteiger partial charge in [-0.3, -0.25) is 0 Å². The summed E-state index contributed by atoms with van der Waals surface area (Å²) in [6, 6.07) is 18.1. The Morgan fingerprint density at radius 2 is 1.23 bits per heavy atom. The molecule has 44 heavy (non-hydrogen) atoms. The van der Waals surface area contributed by atoms with Crippen LogP contribution < -0.4 is 4.31 Å². The zero-order chi connectivity index (χ0) is 32.2. The Labute approximate surface area is 274 Å². The first-order valence-corrected chi connectivity index (χ1v) is 17.3. The van der Waals surface area contributed by atoms with Crippen molar-refractivity contribution in [2.24, 2.45) is 0 Å². The van der Waals surface area contributed by atoms with Gasteiger partial charge < -0.3 is 10.2 Å². The van der Waals surface area contributed by atoms with E-state index >= 15 is 0 Å². The van der Waals surface area contributed by atoms with Gasteiger partial charge in [-0.1, -0.05) is 82.8 Å². The van der Waals surface area contributed by atoms with Crippen LogP contribution in [0.15, 0.2) is 88.7 Å². The van der Waals surface area contributed by atoms with Crippen molar-refractivity contribution in [1.82, 2.24) is 4.31 Å². The van der Waals surface area contributed by atoms with E-state index in [-0.39, 0.29) is 55.5 Å². The number of aromatic hydroxyl groups is 1. The highest BCUT2D eigenvalue weighted by Crippen LogP contribution is 2.36. The number of sulfonamides is 2. The van der Waals surface area contributed by atoms with Gasteiger partial charge >= 0.3 is 10.0 Å². The molecule has 234 valence electrons. The number of hydrogen-bond acceptors (Lipinski definition) is 6. The number of benzene rings is 4. The second-order valence-electron chi connectivity index (χ2n) is 9.75. The van der Waals surface area contributed by atoms with Crippen LogP contribution in [0.3, 0.4) is 0 Å². The van der Waals surface area contributed by atoms with Crippen molar-refractivity contribution in [3.63, 3.8) is 0 Å². The molecule has 0 heterocycles. The predicted molar refractivity (Wildman–Crippen MR) is 168 cm³/mol. The highest BCUT2D eigenvalue weighted by Gasteiger charge is 2.31. The standard InChI is InChI=1S/C29H25Cl4FN2O6S2/c30-22-11-23(31)13-26(12-22)43(39,40)35(9-10-37)16-19-1-3-20(4-2-19)17-36(18-21-5-7-25(34)8-6-21)44(41,42)28-15-24(32)14-27(33)29(28)38/h1-8,11-15,37-38H,9-10,16-18H2/p+1. The summed E-state index contributed by atoms with van der Waals surface area (Å²) in [4.78, 5) is -0.593. The first kappa shape index (κ1) is 34.4. The normalized spacial score (nSPS) is 12.9. The molecule has 4 aromatic rings. The number of quaternary nitrogens is 1. The highest BCUT2D eigenvalue weighted by molar-refractivity contribution is 7.89. The number of rotatable bonds is 12. The zero-order valence-electron chi connectivity index (χ0n) is 22.7. The van der Waals surface area contributed by atoms with Crippen LogP contribution in [-0.2, 0) is 39.7 Å². The third-order valence-corrected chi connectivity index (χ3v) is 11.3. The molecule has 0 radical (unpaired) electrons. The van der Waals surface area contributed by atoms with Gasteiger partial charge in [0.25, 0.3) is 0 Å². The van der Waals surface area contributed by atoms with Crippen molar-refractivity contribution in [2.45, 2.75) is 29.4 Å². The smallest absolute Gasteiger partial charge is 0.326 e. The van der Waals surface area contributed by atoms with Crippen LogP contribution in [0.4, 0.5) is 4.39 Å². The molecular weight excluding hydrogens is 697 g/mol. The number of nitrogens with zero attached hydrogens (tertiary/aromatic N) is 1. The van der Waals surface area contributed by atoms with Crippen LogP contribution in [0, 0.1) is 5.82 Å². The second-order valence-corrected chi connectivity index (χ2v) is 15.4. The molecule has 0 fully saturated rings. The van der Waals surface area contributed by atoms with Crippen LogP contribution in [0.1, 0.15) is 16.7 Å². The minimum absolute atomic E-state index is 0.00221. The maximum Gasteiger partial charge on any atom is 0.326 e. The number of aliphatic hydroxyl groups excluding tert-OH is 1. The number of phenolic OH excluding ortho intramolecular Hbond substituents is 1. The molecule has 4 aromatic carbocycles. The fourth-order valence-electron chi connectivity index (χ4n) is 4.38. The molecule has 0 aliphatic rings. The average Bonchev–Trinajstić information content (AvgIpc) is 2.95. The minimum atomic E-state index is -4.39. The average molecular weight is 723 g/mol. The van der Waals surface area contributed by atoms with E-state index in [1.807, 2.05) is 0 Å². The zero-order valence-corrected chi connectivity index (χ0v) is 27.4. The van der Waals surface area contributed by atoms with Crippen molar-refractivity contribution in [3.05, 3.63) is 121 Å². The molecule has 0 saturated heterocycles. The SMILES string of the molecule is O=S(=O)(c1cc(Cl)cc(Cl)c1O)N(Cc1ccc(F)cc1)Cc1ccc(C[NH+](CCO)S(=O)(=O)c2cc(Cl)cc(Cl)c2)cc1. The lowest BCUT2D eigenvalue weighted by Gasteiger charge is -2.24. The predicted octanol–water partition coefficient (Wildman–Crippen LogP) is 5.30. The Kier molecular flexibility index (Phi) is 11.2. The minimum Gasteiger partial charge on any atom is -0.505 e. The van der Waals surface area contributed by atoms with Crippen LogP contribution >= 0.6 is 46.4 Å². The third-order valence-electron chi connectivity index (χ3n) is 6.58. The number of nitrogens with one attached hydrogen (secondary N) is 1. The quantitative estimate of drug-likeness (QED) is 0.183. The molecule has 0 aromatic heterocycles. The van der Waals surface area contributed by atoms with E-state index in [4.69, 9.17) is 46.4 Å². The first-order valence-electron chi connectivity index (χ1n) is 12.9. The first-order chi connectivity index (χ1) is 20.7. The summed E-state index contributed by atoms with van der Waals surface area (Å²) in [5.41, 5.74) is 1.59. The molecule has 8 nitrogen and oxygen atoms in total. The van der Waals surface area contributed by atoms with Gasteiger partial charge in [-0.2, -0.15) is 12.7 Å². The van der Waals surface area contributed by atoms with Crippen LogP contribution in [0.5, 0.6) is 5.75 Å². The van der Waals surface area contributed by atoms with Crippen molar-refractivity contribution < 1.29 is 35.7 Å². The Hall–Kier alpha value is -2.45. The van der Waals surface area contributed by atoms with E-state index in [0.717, 1.165) is 10.4 Å². The van der Waals surface area contributed by atoms with Gasteiger partial charge in [0.05, 0.1) is 11.6 Å². The lowest BCUT2D eigenvalue weighted by Crippen LogP contribution is -3.13. The number of hydrogen-bond donors (Lipinski definition) is 3. The maximum absolute atomic E-state index is 13.8. The highest BCUT2D eigenvalue weighted by atomic mass is 35.5. The summed E-state index contributed by atoms with van der Waals surface area (Å²) in [6.07, 6.45) is 0. The largest absolute Gasteiger partial charge is 0.505 e. The number of halogens is 5. The molecule has 1 atom stereocenters. The fraction of sp³-hybridized carbons (Fsp3) is 0.172. The summed E-state index contributed by atoms with van der Waals surface area (Å²) in [7, 11) is -8.39. The van der Waals surface area contributed by atoms with Gasteiger partial charge in [0.15, 0.2) is 5.75 Å². The molecule has 0 amide bonds. The van der Waals surface area contributed by atoms with Gasteiger partial charge in [0.1, 0.15) is 28.7 Å². The second kappa shape index (κ2) is 14.3. The molecule has 0 bridgehead atoms. The van der Waals surface area contributed by atoms with Crippen LogP contribution in [0.25, 0.3) is 0 Å². The molecule has 0 aliphatic heterocycles. The molecular formula is C29H26Cl4FN2O6S2+. The van der Waals surface area contributed by atoms with Crippen molar-refractivity contribution >= 4 is 66.5 Å². The molecule has 1 unspecified atom stereocenters. The molecule has 3 N–H and O–H groups in total. The summed E-state index contributed by atoms with van der Waals surface area (Å²) in [5.74, 6) is -1.15. The van der Waals surface area contributed by atoms with Gasteiger partial charge in [-0.05, 0) is 53.6 Å². The van der Waals surface area contributed by atoms with Crippen molar-refractivity contribution in [3.8, 4) is 5.75 Å². The van der Waals surface area contributed by atoms with Crippen molar-refractivity contribution in [1.29, 1.82) is 0 Å². The topological polar surface area (TPSA) is 116 Å². The fourth-order valence-corrected chi connectivity index (χ4v) is 8.81. The van der Waals surface area contributed by atoms with E-state index in [1.54, 1.807) is 24.3 Å². The Morgan fingerprint density at radius 1 is 0.727 bits per heavy atom. The monoisotopic (exact) mass is 721 g/mol. The lowest BCUT2D eigenvalue weighted by atomic mass is 10.1. The third kappa shape index (κ3) is 8.22. The van der Waals surface area contributed by atoms with Crippen LogP contribution in [-0.4, -0.2) is 44.5 Å². The van der Waals surface area contributed by atoms with Crippen LogP contribution in [0.2, 0.25) is 20.1 Å². The number of aliphatic hydroxyl groups is 1. The molecule has 15 heteroatoms. The van der Waals surface area contributed by atoms with Gasteiger partial charge in [-0.15, -0.1) is 0 Å². The van der Waals surface area contributed by atoms with Crippen molar-refractivity contribution in [2.75, 3.05) is 13.2 Å². The van der Waals surface area contributed by atoms with Gasteiger partial charge in [0, 0.05) is 33.7 Å². The lowest BCUT2D eigenvalue weighted by molar-refractivity contribution is -0.783. The van der Waals surface area contributed by atoms with E-state index < -0.39 is 43.1 Å². The summed E-state index contributed by atoms with van der Waals surface area (Å²) < 4.78 is 68.9. The summed E-state index contributed by atoms with van der Waals surface area (Å²) in [6.45, 7) is -0.903. The van der Waals surface area contributed by atoms with E-state index in [0.29, 0.717) is 16.7 Å². The van der Waals surface area contributed by atoms with E-state index in [9.17, 15) is 31.4 Å². The Balaban J connectivity index is 1.63. The number of phenols is 1.